The van der Waals surface area contributed by atoms with E-state index in [1.54, 1.807) is 12.1 Å². The molecule has 6 N–H and O–H groups in total. The Morgan fingerprint density at radius 2 is 1.62 bits per heavy atom. The molecule has 8 nitrogen and oxygen atoms in total. The highest BCUT2D eigenvalue weighted by molar-refractivity contribution is 7.86. The van der Waals surface area contributed by atoms with E-state index in [4.69, 9.17) is 5.41 Å². The highest BCUT2D eigenvalue weighted by atomic mass is 32.2. The quantitative estimate of drug-likeness (QED) is 0.365. The van der Waals surface area contributed by atoms with Crippen LogP contribution in [0.3, 0.4) is 0 Å². The van der Waals surface area contributed by atoms with Gasteiger partial charge < -0.3 is 20.8 Å². The lowest BCUT2D eigenvalue weighted by Crippen LogP contribution is -2.20. The van der Waals surface area contributed by atoms with Gasteiger partial charge in [0, 0.05) is 0 Å². The second-order valence-corrected chi connectivity index (χ2v) is 6.24. The molecular weight excluding hydrogens is 334 g/mol. The number of rotatable bonds is 3. The van der Waals surface area contributed by atoms with Crippen LogP contribution in [0.2, 0.25) is 0 Å². The van der Waals surface area contributed by atoms with Gasteiger partial charge in [-0.3, -0.25) is 5.41 Å². The largest absolute Gasteiger partial charge is 0.508 e. The first-order valence-corrected chi connectivity index (χ1v) is 8.33. The van der Waals surface area contributed by atoms with Gasteiger partial charge in [-0.25, -0.2) is 4.79 Å². The van der Waals surface area contributed by atoms with E-state index in [0.717, 1.165) is 17.9 Å². The number of guanidine groups is 1. The van der Waals surface area contributed by atoms with Crippen molar-refractivity contribution < 1.29 is 22.5 Å². The third-order valence-corrected chi connectivity index (χ3v) is 2.94. The number of carbonyl (C=O) groups is 1. The van der Waals surface area contributed by atoms with E-state index in [2.05, 4.69) is 15.7 Å². The normalized spacial score (nSPS) is 10.2. The van der Waals surface area contributed by atoms with Crippen LogP contribution in [0.15, 0.2) is 48.5 Å². The lowest BCUT2D eigenvalue weighted by molar-refractivity contribution is 0.0748. The molecule has 0 fully saturated rings. The van der Waals surface area contributed by atoms with E-state index in [1.807, 2.05) is 18.2 Å². The summed E-state index contributed by atoms with van der Waals surface area (Å²) in [6.07, 6.45) is 0.784. The van der Waals surface area contributed by atoms with Gasteiger partial charge in [0.1, 0.15) is 5.75 Å². The number of aromatic hydroxyl groups is 1. The second kappa shape index (κ2) is 7.97. The van der Waals surface area contributed by atoms with Crippen molar-refractivity contribution in [3.8, 4) is 16.9 Å². The van der Waals surface area contributed by atoms with Gasteiger partial charge in [0.2, 0.25) is 0 Å². The molecule has 0 amide bonds. The second-order valence-electron chi connectivity index (χ2n) is 4.66. The molecule has 0 aromatic heterocycles. The van der Waals surface area contributed by atoms with E-state index in [9.17, 15) is 18.3 Å². The van der Waals surface area contributed by atoms with Crippen LogP contribution >= 0.6 is 0 Å². The molecule has 0 saturated heterocycles. The molecule has 2 rings (SSSR count). The molecule has 2 aromatic rings. The monoisotopic (exact) mass is 351 g/mol. The van der Waals surface area contributed by atoms with Gasteiger partial charge in [0.15, 0.2) is 5.96 Å². The number of benzene rings is 2. The van der Waals surface area contributed by atoms with Crippen molar-refractivity contribution in [2.24, 2.45) is 11.5 Å². The van der Waals surface area contributed by atoms with Gasteiger partial charge in [-0.15, -0.1) is 0 Å². The highest BCUT2D eigenvalue weighted by Gasteiger charge is 2.15. The first-order chi connectivity index (χ1) is 11.1. The predicted molar refractivity (Wildman–Crippen MR) is 89.9 cm³/mol. The summed E-state index contributed by atoms with van der Waals surface area (Å²) in [6.45, 7) is 0. The average molecular weight is 351 g/mol. The van der Waals surface area contributed by atoms with E-state index in [1.165, 1.54) is 12.1 Å². The van der Waals surface area contributed by atoms with Gasteiger partial charge in [-0.05, 0) is 29.3 Å². The molecule has 0 aliphatic rings. The zero-order valence-corrected chi connectivity index (χ0v) is 13.6. The topological polar surface area (TPSA) is 157 Å². The Morgan fingerprint density at radius 1 is 1.08 bits per heavy atom. The van der Waals surface area contributed by atoms with Crippen LogP contribution in [0.5, 0.6) is 5.75 Å². The van der Waals surface area contributed by atoms with Gasteiger partial charge in [-0.1, -0.05) is 30.3 Å². The fourth-order valence-electron chi connectivity index (χ4n) is 1.71. The lowest BCUT2D eigenvalue weighted by Gasteiger charge is -2.06. The van der Waals surface area contributed by atoms with Gasteiger partial charge in [0.25, 0.3) is 0 Å². The van der Waals surface area contributed by atoms with Crippen molar-refractivity contribution in [1.82, 2.24) is 0 Å². The minimum absolute atomic E-state index is 0.0331. The number of phenols is 1. The molecule has 0 radical (unpaired) electrons. The molecule has 0 unspecified atom stereocenters. The fourth-order valence-corrected chi connectivity index (χ4v) is 2.08. The first kappa shape index (κ1) is 19.0. The Morgan fingerprint density at radius 3 is 2.12 bits per heavy atom. The lowest BCUT2D eigenvalue weighted by atomic mass is 10.0. The van der Waals surface area contributed by atoms with Crippen LogP contribution in [0.25, 0.3) is 11.1 Å². The summed E-state index contributed by atoms with van der Waals surface area (Å²) >= 11 is 0. The molecule has 0 saturated carbocycles. The molecule has 2 aromatic carbocycles. The molecule has 0 atom stereocenters. The molecule has 0 spiro atoms. The molecule has 0 aliphatic carbocycles. The summed E-state index contributed by atoms with van der Waals surface area (Å²) in [6, 6.07) is 13.2. The van der Waals surface area contributed by atoms with E-state index >= 15 is 0 Å². The van der Waals surface area contributed by atoms with Crippen LogP contribution in [0.4, 0.5) is 0 Å². The van der Waals surface area contributed by atoms with Crippen molar-refractivity contribution in [1.29, 1.82) is 5.41 Å². The number of nitrogens with one attached hydrogen (secondary N) is 1. The Bertz CT molecular complexity index is 831. The Kier molecular flexibility index (Phi) is 6.30. The van der Waals surface area contributed by atoms with E-state index in [0.29, 0.717) is 5.56 Å². The smallest absolute Gasteiger partial charge is 0.353 e. The van der Waals surface area contributed by atoms with Crippen LogP contribution in [-0.2, 0) is 14.3 Å². The summed E-state index contributed by atoms with van der Waals surface area (Å²) in [5.41, 5.74) is 10.3. The summed E-state index contributed by atoms with van der Waals surface area (Å²) in [5, 5.41) is 15.7. The summed E-state index contributed by atoms with van der Waals surface area (Å²) < 4.78 is 26.2. The molecule has 0 bridgehead atoms. The van der Waals surface area contributed by atoms with Crippen LogP contribution < -0.4 is 11.5 Å². The summed E-state index contributed by atoms with van der Waals surface area (Å²) in [7, 11) is -3.89. The third-order valence-electron chi connectivity index (χ3n) is 2.49. The molecular formula is C15H17N3O5S. The summed E-state index contributed by atoms with van der Waals surface area (Å²) in [5.74, 6) is -1.51. The first-order valence-electron chi connectivity index (χ1n) is 6.51. The highest BCUT2D eigenvalue weighted by Crippen LogP contribution is 2.25. The number of carbonyl (C=O) groups excluding carboxylic acids is 1. The third kappa shape index (κ3) is 6.79. The van der Waals surface area contributed by atoms with E-state index < -0.39 is 16.1 Å². The number of phenolic OH excluding ortho intramolecular Hbond substituents is 1. The van der Waals surface area contributed by atoms with Gasteiger partial charge in [-0.2, -0.15) is 8.42 Å². The van der Waals surface area contributed by atoms with Crippen LogP contribution in [-0.4, -0.2) is 31.7 Å². The maximum Gasteiger partial charge on any atom is 0.353 e. The van der Waals surface area contributed by atoms with E-state index in [-0.39, 0.29) is 17.3 Å². The van der Waals surface area contributed by atoms with Gasteiger partial charge in [0.05, 0.1) is 11.8 Å². The molecule has 0 heterocycles. The SMILES string of the molecule is CS(=O)(=O)OC(=O)c1cc(O)cc(-c2ccccc2)c1.N=C(N)N. The van der Waals surface area contributed by atoms with Crippen LogP contribution in [0.1, 0.15) is 10.4 Å². The van der Waals surface area contributed by atoms with Crippen molar-refractivity contribution in [2.75, 3.05) is 6.26 Å². The van der Waals surface area contributed by atoms with Crippen molar-refractivity contribution in [3.63, 3.8) is 0 Å². The molecule has 0 aliphatic heterocycles. The molecule has 9 heteroatoms. The minimum Gasteiger partial charge on any atom is -0.508 e. The fraction of sp³-hybridized carbons (Fsp3) is 0.0667. The Balaban J connectivity index is 0.000000648. The standard InChI is InChI=1S/C14H12O5S.CH5N3/c1-20(17,18)19-14(16)12-7-11(8-13(15)9-12)10-5-3-2-4-6-10;2-1(3)4/h2-9,15H,1H3;(H5,2,3,4). The van der Waals surface area contributed by atoms with Crippen molar-refractivity contribution >= 4 is 22.0 Å². The zero-order valence-electron chi connectivity index (χ0n) is 12.8. The van der Waals surface area contributed by atoms with Crippen molar-refractivity contribution in [3.05, 3.63) is 54.1 Å². The average Bonchev–Trinajstić information content (AvgIpc) is 2.45. The Hall–Kier alpha value is -3.07. The Labute approximate surface area is 139 Å². The maximum atomic E-state index is 11.7. The summed E-state index contributed by atoms with van der Waals surface area (Å²) in [4.78, 5) is 11.7. The van der Waals surface area contributed by atoms with Gasteiger partial charge >= 0.3 is 16.1 Å². The number of hydrogen-bond donors (Lipinski definition) is 4. The zero-order chi connectivity index (χ0) is 18.3. The number of nitrogens with two attached hydrogens (primary N) is 2. The number of hydrogen-bond acceptors (Lipinski definition) is 6. The maximum absolute atomic E-state index is 11.7. The predicted octanol–water partition coefficient (Wildman–Crippen LogP) is 1.01. The minimum atomic E-state index is -3.89. The molecule has 128 valence electrons. The molecule has 24 heavy (non-hydrogen) atoms. The van der Waals surface area contributed by atoms with Crippen LogP contribution in [0, 0.1) is 5.41 Å². The van der Waals surface area contributed by atoms with Crippen molar-refractivity contribution in [2.45, 2.75) is 0 Å².